The highest BCUT2D eigenvalue weighted by molar-refractivity contribution is 4.99. The van der Waals surface area contributed by atoms with Crippen molar-refractivity contribution in [2.75, 3.05) is 0 Å². The molecular weight excluding hydrogens is 182 g/mol. The summed E-state index contributed by atoms with van der Waals surface area (Å²) in [4.78, 5) is 2.70. The van der Waals surface area contributed by atoms with Gasteiger partial charge in [0.15, 0.2) is 0 Å². The summed E-state index contributed by atoms with van der Waals surface area (Å²) in [5, 5.41) is 0. The molecule has 15 heavy (non-hydrogen) atoms. The molecule has 1 fully saturated rings. The van der Waals surface area contributed by atoms with Crippen LogP contribution in [0, 0.1) is 11.3 Å². The van der Waals surface area contributed by atoms with Gasteiger partial charge in [-0.2, -0.15) is 0 Å². The van der Waals surface area contributed by atoms with Crippen molar-refractivity contribution in [3.8, 4) is 0 Å². The molecule has 90 valence electrons. The molecule has 0 amide bonds. The zero-order chi connectivity index (χ0) is 12.0. The van der Waals surface area contributed by atoms with Crippen LogP contribution in [-0.2, 0) is 0 Å². The standard InChI is InChI=1S/C14H29N/c1-10-9-12(13(3,4)5)11(2)15(10)14(6,7)8/h10-12H,9H2,1-8H3/t10-,11+,12-/m1/s1. The number of nitrogens with zero attached hydrogens (tertiary/aromatic N) is 1. The molecule has 0 aliphatic carbocycles. The van der Waals surface area contributed by atoms with Crippen LogP contribution in [0.5, 0.6) is 0 Å². The number of rotatable bonds is 0. The fraction of sp³-hybridized carbons (Fsp3) is 1.00. The Morgan fingerprint density at radius 3 is 1.60 bits per heavy atom. The van der Waals surface area contributed by atoms with Gasteiger partial charge >= 0.3 is 0 Å². The summed E-state index contributed by atoms with van der Waals surface area (Å²) < 4.78 is 0. The Balaban J connectivity index is 2.89. The van der Waals surface area contributed by atoms with E-state index in [1.165, 1.54) is 6.42 Å². The first-order valence-electron chi connectivity index (χ1n) is 6.33. The molecule has 0 bridgehead atoms. The summed E-state index contributed by atoms with van der Waals surface area (Å²) >= 11 is 0. The van der Waals surface area contributed by atoms with Gasteiger partial charge in [-0.1, -0.05) is 20.8 Å². The van der Waals surface area contributed by atoms with Crippen molar-refractivity contribution in [2.24, 2.45) is 11.3 Å². The van der Waals surface area contributed by atoms with Gasteiger partial charge in [-0.05, 0) is 52.4 Å². The van der Waals surface area contributed by atoms with E-state index in [2.05, 4.69) is 60.3 Å². The molecule has 1 rings (SSSR count). The summed E-state index contributed by atoms with van der Waals surface area (Å²) in [5.41, 5.74) is 0.743. The Kier molecular flexibility index (Phi) is 3.27. The third-order valence-electron chi connectivity index (χ3n) is 3.98. The van der Waals surface area contributed by atoms with E-state index in [1.807, 2.05) is 0 Å². The maximum Gasteiger partial charge on any atom is 0.0130 e. The summed E-state index contributed by atoms with van der Waals surface area (Å²) in [5.74, 6) is 0.826. The molecule has 0 aromatic carbocycles. The lowest BCUT2D eigenvalue weighted by molar-refractivity contribution is 0.0676. The molecule has 0 aromatic rings. The maximum atomic E-state index is 2.70. The lowest BCUT2D eigenvalue weighted by atomic mass is 9.76. The largest absolute Gasteiger partial charge is 0.293 e. The third-order valence-corrected chi connectivity index (χ3v) is 3.98. The molecule has 0 spiro atoms. The second-order valence-corrected chi connectivity index (χ2v) is 7.38. The predicted octanol–water partition coefficient (Wildman–Crippen LogP) is 3.93. The van der Waals surface area contributed by atoms with E-state index in [0.717, 1.165) is 12.0 Å². The zero-order valence-corrected chi connectivity index (χ0v) is 11.9. The fourth-order valence-electron chi connectivity index (χ4n) is 3.62. The first kappa shape index (κ1) is 13.0. The molecule has 3 atom stereocenters. The fourth-order valence-corrected chi connectivity index (χ4v) is 3.62. The predicted molar refractivity (Wildman–Crippen MR) is 68.1 cm³/mol. The number of likely N-dealkylation sites (tertiary alicyclic amines) is 1. The van der Waals surface area contributed by atoms with Gasteiger partial charge in [0, 0.05) is 17.6 Å². The van der Waals surface area contributed by atoms with Crippen LogP contribution >= 0.6 is 0 Å². The summed E-state index contributed by atoms with van der Waals surface area (Å²) in [7, 11) is 0. The minimum absolute atomic E-state index is 0.304. The average Bonchev–Trinajstić information content (AvgIpc) is 2.22. The smallest absolute Gasteiger partial charge is 0.0130 e. The molecule has 0 N–H and O–H groups in total. The molecule has 1 heteroatoms. The summed E-state index contributed by atoms with van der Waals surface area (Å²) in [6.45, 7) is 19.0. The lowest BCUT2D eigenvalue weighted by Gasteiger charge is -2.41. The Labute approximate surface area is 96.2 Å². The Bertz CT molecular complexity index is 218. The zero-order valence-electron chi connectivity index (χ0n) is 11.9. The molecule has 0 unspecified atom stereocenters. The van der Waals surface area contributed by atoms with Gasteiger partial charge in [0.05, 0.1) is 0 Å². The Hall–Kier alpha value is -0.0400. The van der Waals surface area contributed by atoms with Crippen molar-refractivity contribution in [2.45, 2.75) is 79.4 Å². The highest BCUT2D eigenvalue weighted by Crippen LogP contribution is 2.43. The van der Waals surface area contributed by atoms with Crippen LogP contribution < -0.4 is 0 Å². The van der Waals surface area contributed by atoms with E-state index in [1.54, 1.807) is 0 Å². The molecule has 1 aliphatic heterocycles. The van der Waals surface area contributed by atoms with Crippen molar-refractivity contribution < 1.29 is 0 Å². The quantitative estimate of drug-likeness (QED) is 0.587. The van der Waals surface area contributed by atoms with Gasteiger partial charge in [0.1, 0.15) is 0 Å². The Morgan fingerprint density at radius 1 is 0.933 bits per heavy atom. The van der Waals surface area contributed by atoms with Gasteiger partial charge in [0.25, 0.3) is 0 Å². The van der Waals surface area contributed by atoms with E-state index in [-0.39, 0.29) is 0 Å². The molecule has 1 heterocycles. The monoisotopic (exact) mass is 211 g/mol. The summed E-state index contributed by atoms with van der Waals surface area (Å²) in [6.07, 6.45) is 1.35. The SMILES string of the molecule is C[C@@H]1C[C@@H](C(C)(C)C)[C@H](C)N1C(C)(C)C. The number of hydrogen-bond donors (Lipinski definition) is 0. The molecule has 1 aliphatic rings. The maximum absolute atomic E-state index is 2.70. The first-order valence-corrected chi connectivity index (χ1v) is 6.33. The minimum Gasteiger partial charge on any atom is -0.293 e. The van der Waals surface area contributed by atoms with Crippen LogP contribution in [0.25, 0.3) is 0 Å². The van der Waals surface area contributed by atoms with Gasteiger partial charge in [0.2, 0.25) is 0 Å². The van der Waals surface area contributed by atoms with Crippen LogP contribution in [0.3, 0.4) is 0 Å². The van der Waals surface area contributed by atoms with Gasteiger partial charge in [-0.25, -0.2) is 0 Å². The van der Waals surface area contributed by atoms with Gasteiger partial charge in [-0.15, -0.1) is 0 Å². The van der Waals surface area contributed by atoms with Gasteiger partial charge < -0.3 is 0 Å². The third kappa shape index (κ3) is 2.55. The van der Waals surface area contributed by atoms with Crippen LogP contribution in [-0.4, -0.2) is 22.5 Å². The topological polar surface area (TPSA) is 3.24 Å². The molecular formula is C14H29N. The van der Waals surface area contributed by atoms with E-state index in [9.17, 15) is 0 Å². The van der Waals surface area contributed by atoms with Crippen LogP contribution in [0.15, 0.2) is 0 Å². The van der Waals surface area contributed by atoms with Crippen molar-refractivity contribution >= 4 is 0 Å². The normalized spacial score (nSPS) is 34.8. The van der Waals surface area contributed by atoms with Crippen molar-refractivity contribution in [3.63, 3.8) is 0 Å². The van der Waals surface area contributed by atoms with Crippen LogP contribution in [0.1, 0.15) is 61.8 Å². The second kappa shape index (κ2) is 3.76. The molecule has 1 nitrogen and oxygen atoms in total. The van der Waals surface area contributed by atoms with Crippen LogP contribution in [0.2, 0.25) is 0 Å². The number of hydrogen-bond acceptors (Lipinski definition) is 1. The van der Waals surface area contributed by atoms with Gasteiger partial charge in [-0.3, -0.25) is 4.90 Å². The lowest BCUT2D eigenvalue weighted by Crippen LogP contribution is -2.48. The second-order valence-electron chi connectivity index (χ2n) is 7.38. The highest BCUT2D eigenvalue weighted by atomic mass is 15.3. The van der Waals surface area contributed by atoms with E-state index >= 15 is 0 Å². The molecule has 0 saturated carbocycles. The van der Waals surface area contributed by atoms with E-state index < -0.39 is 0 Å². The van der Waals surface area contributed by atoms with Crippen molar-refractivity contribution in [1.82, 2.24) is 4.90 Å². The molecule has 0 aromatic heterocycles. The summed E-state index contributed by atoms with van der Waals surface area (Å²) in [6, 6.07) is 1.43. The highest BCUT2D eigenvalue weighted by Gasteiger charge is 2.45. The molecule has 0 radical (unpaired) electrons. The Morgan fingerprint density at radius 2 is 1.40 bits per heavy atom. The van der Waals surface area contributed by atoms with Crippen molar-refractivity contribution in [3.05, 3.63) is 0 Å². The van der Waals surface area contributed by atoms with Crippen molar-refractivity contribution in [1.29, 1.82) is 0 Å². The van der Waals surface area contributed by atoms with Crippen LogP contribution in [0.4, 0.5) is 0 Å². The average molecular weight is 211 g/mol. The molecule has 1 saturated heterocycles. The first-order chi connectivity index (χ1) is 6.55. The van der Waals surface area contributed by atoms with E-state index in [0.29, 0.717) is 17.0 Å². The minimum atomic E-state index is 0.304. The van der Waals surface area contributed by atoms with E-state index in [4.69, 9.17) is 0 Å².